The Morgan fingerprint density at radius 1 is 1.26 bits per heavy atom. The molecule has 1 aromatic carbocycles. The highest BCUT2D eigenvalue weighted by Gasteiger charge is 2.27. The molecule has 7 heteroatoms. The summed E-state index contributed by atoms with van der Waals surface area (Å²) in [6.45, 7) is 7.04. The molecule has 0 radical (unpaired) electrons. The van der Waals surface area contributed by atoms with Crippen LogP contribution in [-0.4, -0.2) is 26.2 Å². The predicted molar refractivity (Wildman–Crippen MR) is 86.9 cm³/mol. The van der Waals surface area contributed by atoms with Crippen LogP contribution < -0.4 is 5.32 Å². The van der Waals surface area contributed by atoms with Gasteiger partial charge in [-0.2, -0.15) is 8.42 Å². The zero-order valence-electron chi connectivity index (χ0n) is 13.9. The molecule has 0 bridgehead atoms. The third-order valence-corrected chi connectivity index (χ3v) is 4.81. The zero-order chi connectivity index (χ0) is 17.3. The molecule has 1 fully saturated rings. The van der Waals surface area contributed by atoms with Crippen molar-refractivity contribution in [2.45, 2.75) is 63.6 Å². The molecule has 0 saturated heterocycles. The minimum Gasteiger partial charge on any atom is -0.444 e. The van der Waals surface area contributed by atoms with Crippen molar-refractivity contribution in [2.75, 3.05) is 5.32 Å². The number of ether oxygens (including phenoxy) is 1. The lowest BCUT2D eigenvalue weighted by Crippen LogP contribution is -2.27. The summed E-state index contributed by atoms with van der Waals surface area (Å²) in [4.78, 5) is 11.9. The van der Waals surface area contributed by atoms with E-state index in [1.54, 1.807) is 33.8 Å². The number of nitrogens with one attached hydrogen (secondary N) is 1. The van der Waals surface area contributed by atoms with Gasteiger partial charge in [-0.1, -0.05) is 6.07 Å². The summed E-state index contributed by atoms with van der Waals surface area (Å²) in [5, 5.41) is 2.58. The van der Waals surface area contributed by atoms with Gasteiger partial charge in [0.05, 0.1) is 11.0 Å². The fourth-order valence-electron chi connectivity index (χ4n) is 2.01. The van der Waals surface area contributed by atoms with E-state index in [-0.39, 0.29) is 11.0 Å². The summed E-state index contributed by atoms with van der Waals surface area (Å²) in [5.74, 6) is 0. The molecule has 0 aliphatic heterocycles. The standard InChI is InChI=1S/C16H23NO5S/c1-11-8-9-13(23(19,20)22-12-6-5-7-12)10-14(11)17-15(18)21-16(2,3)4/h8-10,12H,5-7H2,1-4H3,(H,17,18). The highest BCUT2D eigenvalue weighted by molar-refractivity contribution is 7.86. The molecule has 1 aromatic rings. The van der Waals surface area contributed by atoms with Crippen molar-refractivity contribution in [3.63, 3.8) is 0 Å². The molecule has 0 atom stereocenters. The average Bonchev–Trinajstić information content (AvgIpc) is 2.34. The first-order chi connectivity index (χ1) is 10.6. The number of hydrogen-bond donors (Lipinski definition) is 1. The van der Waals surface area contributed by atoms with E-state index in [9.17, 15) is 13.2 Å². The van der Waals surface area contributed by atoms with E-state index in [0.717, 1.165) is 24.8 Å². The van der Waals surface area contributed by atoms with Gasteiger partial charge >= 0.3 is 6.09 Å². The molecule has 0 aromatic heterocycles. The van der Waals surface area contributed by atoms with Gasteiger partial charge in [-0.15, -0.1) is 0 Å². The average molecular weight is 341 g/mol. The Morgan fingerprint density at radius 2 is 1.91 bits per heavy atom. The van der Waals surface area contributed by atoms with Gasteiger partial charge in [-0.05, 0) is 64.7 Å². The van der Waals surface area contributed by atoms with Crippen LogP contribution in [0.15, 0.2) is 23.1 Å². The third-order valence-electron chi connectivity index (χ3n) is 3.45. The monoisotopic (exact) mass is 341 g/mol. The third kappa shape index (κ3) is 4.94. The maximum Gasteiger partial charge on any atom is 0.412 e. The quantitative estimate of drug-likeness (QED) is 0.846. The molecule has 23 heavy (non-hydrogen) atoms. The molecule has 1 aliphatic rings. The van der Waals surface area contributed by atoms with Gasteiger partial charge in [0.25, 0.3) is 10.1 Å². The van der Waals surface area contributed by atoms with Crippen LogP contribution in [-0.2, 0) is 19.0 Å². The Balaban J connectivity index is 2.16. The first-order valence-electron chi connectivity index (χ1n) is 7.61. The summed E-state index contributed by atoms with van der Waals surface area (Å²) in [5.41, 5.74) is 0.491. The van der Waals surface area contributed by atoms with Crippen LogP contribution in [0.3, 0.4) is 0 Å². The lowest BCUT2D eigenvalue weighted by atomic mass is 9.97. The van der Waals surface area contributed by atoms with Crippen LogP contribution in [0.1, 0.15) is 45.6 Å². The van der Waals surface area contributed by atoms with Gasteiger partial charge in [-0.3, -0.25) is 9.50 Å². The zero-order valence-corrected chi connectivity index (χ0v) is 14.7. The lowest BCUT2D eigenvalue weighted by molar-refractivity contribution is 0.0635. The molecule has 1 saturated carbocycles. The molecular formula is C16H23NO5S. The largest absolute Gasteiger partial charge is 0.444 e. The number of hydrogen-bond acceptors (Lipinski definition) is 5. The maximum absolute atomic E-state index is 12.2. The Labute approximate surface area is 137 Å². The van der Waals surface area contributed by atoms with E-state index in [4.69, 9.17) is 8.92 Å². The molecule has 1 N–H and O–H groups in total. The number of aryl methyl sites for hydroxylation is 1. The van der Waals surface area contributed by atoms with Crippen molar-refractivity contribution < 1.29 is 22.1 Å². The van der Waals surface area contributed by atoms with Gasteiger partial charge in [0.15, 0.2) is 0 Å². The summed E-state index contributed by atoms with van der Waals surface area (Å²) in [6.07, 6.45) is 1.64. The summed E-state index contributed by atoms with van der Waals surface area (Å²) >= 11 is 0. The van der Waals surface area contributed by atoms with E-state index in [1.807, 2.05) is 0 Å². The van der Waals surface area contributed by atoms with Crippen LogP contribution >= 0.6 is 0 Å². The van der Waals surface area contributed by atoms with Gasteiger partial charge in [0.1, 0.15) is 5.60 Å². The molecule has 6 nitrogen and oxygen atoms in total. The van der Waals surface area contributed by atoms with Crippen molar-refractivity contribution in [3.8, 4) is 0 Å². The van der Waals surface area contributed by atoms with Gasteiger partial charge in [0, 0.05) is 5.69 Å². The molecule has 128 valence electrons. The number of rotatable bonds is 4. The molecule has 0 heterocycles. The number of carbonyl (C=O) groups is 1. The van der Waals surface area contributed by atoms with Crippen molar-refractivity contribution in [2.24, 2.45) is 0 Å². The fourth-order valence-corrected chi connectivity index (χ4v) is 3.17. The fraction of sp³-hybridized carbons (Fsp3) is 0.562. The Morgan fingerprint density at radius 3 is 2.43 bits per heavy atom. The van der Waals surface area contributed by atoms with Crippen LogP contribution in [0.25, 0.3) is 0 Å². The van der Waals surface area contributed by atoms with Crippen molar-refractivity contribution in [1.82, 2.24) is 0 Å². The number of amides is 1. The minimum absolute atomic E-state index is 0.0288. The molecule has 2 rings (SSSR count). The predicted octanol–water partition coefficient (Wildman–Crippen LogP) is 3.60. The van der Waals surface area contributed by atoms with E-state index in [2.05, 4.69) is 5.32 Å². The molecule has 1 amide bonds. The minimum atomic E-state index is -3.82. The second-order valence-corrected chi connectivity index (χ2v) is 8.28. The van der Waals surface area contributed by atoms with Crippen LogP contribution in [0.2, 0.25) is 0 Å². The first-order valence-corrected chi connectivity index (χ1v) is 9.01. The Bertz CT molecular complexity index is 687. The Kier molecular flexibility index (Phi) is 5.01. The molecule has 0 spiro atoms. The van der Waals surface area contributed by atoms with Crippen LogP contribution in [0, 0.1) is 6.92 Å². The van der Waals surface area contributed by atoms with Crippen LogP contribution in [0.4, 0.5) is 10.5 Å². The number of carbonyl (C=O) groups excluding carboxylic acids is 1. The lowest BCUT2D eigenvalue weighted by Gasteiger charge is -2.25. The van der Waals surface area contributed by atoms with E-state index >= 15 is 0 Å². The molecule has 1 aliphatic carbocycles. The van der Waals surface area contributed by atoms with Crippen LogP contribution in [0.5, 0.6) is 0 Å². The van der Waals surface area contributed by atoms with Crippen molar-refractivity contribution in [1.29, 1.82) is 0 Å². The normalized spacial score (nSPS) is 15.8. The second kappa shape index (κ2) is 6.49. The Hall–Kier alpha value is -1.60. The maximum atomic E-state index is 12.2. The summed E-state index contributed by atoms with van der Waals surface area (Å²) in [6, 6.07) is 4.50. The smallest absolute Gasteiger partial charge is 0.412 e. The SMILES string of the molecule is Cc1ccc(S(=O)(=O)OC2CCC2)cc1NC(=O)OC(C)(C)C. The number of anilines is 1. The highest BCUT2D eigenvalue weighted by Crippen LogP contribution is 2.28. The molecule has 0 unspecified atom stereocenters. The topological polar surface area (TPSA) is 81.7 Å². The number of benzene rings is 1. The first kappa shape index (κ1) is 17.7. The summed E-state index contributed by atoms with van der Waals surface area (Å²) in [7, 11) is -3.82. The summed E-state index contributed by atoms with van der Waals surface area (Å²) < 4.78 is 34.8. The van der Waals surface area contributed by atoms with Gasteiger partial charge in [-0.25, -0.2) is 4.79 Å². The van der Waals surface area contributed by atoms with Crippen molar-refractivity contribution in [3.05, 3.63) is 23.8 Å². The molecular weight excluding hydrogens is 318 g/mol. The van der Waals surface area contributed by atoms with Gasteiger partial charge in [0.2, 0.25) is 0 Å². The van der Waals surface area contributed by atoms with E-state index in [1.165, 1.54) is 12.1 Å². The van der Waals surface area contributed by atoms with Crippen molar-refractivity contribution >= 4 is 21.9 Å². The van der Waals surface area contributed by atoms with E-state index < -0.39 is 21.8 Å². The van der Waals surface area contributed by atoms with Gasteiger partial charge < -0.3 is 4.74 Å². The van der Waals surface area contributed by atoms with E-state index in [0.29, 0.717) is 5.69 Å². The second-order valence-electron chi connectivity index (χ2n) is 6.71. The highest BCUT2D eigenvalue weighted by atomic mass is 32.2.